The highest BCUT2D eigenvalue weighted by atomic mass is 16.3. The Hall–Kier alpha value is -10.8. The van der Waals surface area contributed by atoms with Crippen LogP contribution in [0.1, 0.15) is 5.56 Å². The van der Waals surface area contributed by atoms with Crippen LogP contribution in [0.3, 0.4) is 0 Å². The average molecular weight is 969 g/mol. The van der Waals surface area contributed by atoms with E-state index >= 15 is 0 Å². The Bertz CT molecular complexity index is 5070. The minimum Gasteiger partial charge on any atom is -0.455 e. The maximum Gasteiger partial charge on any atom is 0.232 e. The SMILES string of the molecule is [C-]#[N+]c1c(C#N)c(-n2c3ccccc3c3ccccc32)c(-n2c3ccccc3c3c4oc5ccccc5c4ccc32)c(-n2c3ccccc3c3c4oc5ccccc5c4ccc32)c1-n1c2ccccc2c2ccccc21. The minimum atomic E-state index is 0.223. The summed E-state index contributed by atoms with van der Waals surface area (Å²) in [5.41, 5.74) is 13.4. The predicted octanol–water partition coefficient (Wildman–Crippen LogP) is 18.3. The summed E-state index contributed by atoms with van der Waals surface area (Å²) in [6.07, 6.45) is 0. The van der Waals surface area contributed by atoms with Crippen LogP contribution in [0.2, 0.25) is 0 Å². The van der Waals surface area contributed by atoms with Crippen LogP contribution in [0.4, 0.5) is 5.69 Å². The molecule has 0 atom stereocenters. The van der Waals surface area contributed by atoms with Gasteiger partial charge in [0.2, 0.25) is 5.69 Å². The molecule has 0 spiro atoms. The summed E-state index contributed by atoms with van der Waals surface area (Å²) in [6, 6.07) is 78.5. The molecule has 76 heavy (non-hydrogen) atoms. The first-order valence-electron chi connectivity index (χ1n) is 25.4. The lowest BCUT2D eigenvalue weighted by Crippen LogP contribution is -2.15. The van der Waals surface area contributed by atoms with Gasteiger partial charge in [-0.15, -0.1) is 0 Å². The number of nitrogens with zero attached hydrogens (tertiary/aromatic N) is 6. The molecule has 8 heteroatoms. The van der Waals surface area contributed by atoms with E-state index in [2.05, 4.69) is 223 Å². The zero-order chi connectivity index (χ0) is 49.9. The zero-order valence-corrected chi connectivity index (χ0v) is 40.3. The quantitative estimate of drug-likeness (QED) is 0.165. The van der Waals surface area contributed by atoms with Crippen molar-refractivity contribution >= 4 is 137 Å². The van der Waals surface area contributed by atoms with E-state index in [0.29, 0.717) is 22.7 Å². The molecule has 8 nitrogen and oxygen atoms in total. The number of benzene rings is 11. The standard InChI is InChI=1S/C68H36N6O2/c1-70-62-49(38-69)63(71-50-26-10-2-18-39(50)40-19-3-11-27-51(40)71)65(73-54-30-14-6-24-47(54)60-56(73)36-34-45-43-22-8-16-32-58(43)75-67(45)60)66(64(62)72-52-28-12-4-20-41(52)42-21-5-13-29-53(42)72)74-55-31-15-7-25-48(55)61-57(74)37-35-46-44-23-9-17-33-59(44)76-68(46)61/h2-37H. The van der Waals surface area contributed by atoms with Crippen molar-refractivity contribution in [3.63, 3.8) is 0 Å². The van der Waals surface area contributed by atoms with Crippen LogP contribution in [0.15, 0.2) is 227 Å². The fourth-order valence-corrected chi connectivity index (χ4v) is 13.0. The summed E-state index contributed by atoms with van der Waals surface area (Å²) in [7, 11) is 0. The van der Waals surface area contributed by atoms with Crippen LogP contribution < -0.4 is 0 Å². The van der Waals surface area contributed by atoms with Gasteiger partial charge in [-0.05, 0) is 72.8 Å². The number of rotatable bonds is 4. The molecular formula is C68H36N6O2. The molecule has 0 saturated carbocycles. The summed E-state index contributed by atoms with van der Waals surface area (Å²) in [6.45, 7) is 9.57. The molecular weight excluding hydrogens is 933 g/mol. The molecule has 17 rings (SSSR count). The number of furan rings is 2. The molecule has 0 radical (unpaired) electrons. The number of para-hydroxylation sites is 8. The van der Waals surface area contributed by atoms with Gasteiger partial charge in [-0.3, -0.25) is 0 Å². The van der Waals surface area contributed by atoms with Gasteiger partial charge in [-0.2, -0.15) is 5.26 Å². The molecule has 0 bridgehead atoms. The molecule has 0 fully saturated rings. The number of hydrogen-bond donors (Lipinski definition) is 0. The highest BCUT2D eigenvalue weighted by Crippen LogP contribution is 2.53. The van der Waals surface area contributed by atoms with Crippen molar-refractivity contribution in [2.24, 2.45) is 0 Å². The van der Waals surface area contributed by atoms with Crippen LogP contribution in [0.25, 0.3) is 159 Å². The van der Waals surface area contributed by atoms with E-state index in [0.717, 1.165) is 131 Å². The fourth-order valence-electron chi connectivity index (χ4n) is 13.0. The first-order valence-corrected chi connectivity index (χ1v) is 25.4. The number of fused-ring (bicyclic) bond motifs is 20. The monoisotopic (exact) mass is 968 g/mol. The summed E-state index contributed by atoms with van der Waals surface area (Å²) < 4.78 is 23.1. The Kier molecular flexibility index (Phi) is 7.99. The average Bonchev–Trinajstić information content (AvgIpc) is 4.47. The first-order chi connectivity index (χ1) is 37.7. The second-order valence-corrected chi connectivity index (χ2v) is 19.7. The molecule has 0 aliphatic carbocycles. The third-order valence-corrected chi connectivity index (χ3v) is 16.0. The van der Waals surface area contributed by atoms with Crippen molar-refractivity contribution in [2.45, 2.75) is 0 Å². The molecule has 350 valence electrons. The first kappa shape index (κ1) is 40.8. The zero-order valence-electron chi connectivity index (χ0n) is 40.3. The summed E-state index contributed by atoms with van der Waals surface area (Å²) >= 11 is 0. The van der Waals surface area contributed by atoms with Gasteiger partial charge in [0.15, 0.2) is 0 Å². The van der Waals surface area contributed by atoms with Gasteiger partial charge in [0.05, 0.1) is 95.9 Å². The topological polar surface area (TPSA) is 74.2 Å². The lowest BCUT2D eigenvalue weighted by atomic mass is 10.0. The Labute approximate surface area is 431 Å². The third kappa shape index (κ3) is 5.09. The van der Waals surface area contributed by atoms with Crippen molar-refractivity contribution < 1.29 is 8.83 Å². The van der Waals surface area contributed by atoms with Crippen molar-refractivity contribution in [3.8, 4) is 28.8 Å². The number of nitriles is 1. The van der Waals surface area contributed by atoms with Gasteiger partial charge in [-0.1, -0.05) is 146 Å². The molecule has 0 saturated heterocycles. The largest absolute Gasteiger partial charge is 0.455 e. The Morgan fingerprint density at radius 1 is 0.316 bits per heavy atom. The molecule has 17 aromatic rings. The van der Waals surface area contributed by atoms with Crippen LogP contribution >= 0.6 is 0 Å². The van der Waals surface area contributed by atoms with Crippen LogP contribution in [-0.2, 0) is 0 Å². The predicted molar refractivity (Wildman–Crippen MR) is 309 cm³/mol. The van der Waals surface area contributed by atoms with E-state index in [1.165, 1.54) is 0 Å². The van der Waals surface area contributed by atoms with Crippen LogP contribution in [-0.4, -0.2) is 18.3 Å². The maximum absolute atomic E-state index is 12.3. The van der Waals surface area contributed by atoms with E-state index in [1.54, 1.807) is 0 Å². The Morgan fingerprint density at radius 2 is 0.632 bits per heavy atom. The van der Waals surface area contributed by atoms with E-state index in [1.807, 2.05) is 24.3 Å². The lowest BCUT2D eigenvalue weighted by Gasteiger charge is -2.28. The molecule has 0 aliphatic heterocycles. The molecule has 0 unspecified atom stereocenters. The van der Waals surface area contributed by atoms with E-state index in [9.17, 15) is 11.8 Å². The van der Waals surface area contributed by atoms with Gasteiger partial charge in [0, 0.05) is 53.9 Å². The van der Waals surface area contributed by atoms with E-state index < -0.39 is 0 Å². The fraction of sp³-hybridized carbons (Fsp3) is 0. The van der Waals surface area contributed by atoms with Gasteiger partial charge in [0.1, 0.15) is 22.3 Å². The van der Waals surface area contributed by atoms with Crippen molar-refractivity contribution in [1.29, 1.82) is 5.26 Å². The normalized spacial score (nSPS) is 12.2. The van der Waals surface area contributed by atoms with E-state index in [-0.39, 0.29) is 11.3 Å². The highest BCUT2D eigenvalue weighted by molar-refractivity contribution is 6.27. The van der Waals surface area contributed by atoms with Gasteiger partial charge in [0.25, 0.3) is 0 Å². The van der Waals surface area contributed by atoms with Crippen LogP contribution in [0, 0.1) is 17.9 Å². The summed E-state index contributed by atoms with van der Waals surface area (Å²) in [5.74, 6) is 0. The smallest absolute Gasteiger partial charge is 0.232 e. The Balaban J connectivity index is 1.21. The summed E-state index contributed by atoms with van der Waals surface area (Å²) in [5, 5.41) is 24.4. The number of aromatic nitrogens is 4. The summed E-state index contributed by atoms with van der Waals surface area (Å²) in [4.78, 5) is 4.60. The number of hydrogen-bond acceptors (Lipinski definition) is 3. The molecule has 6 aromatic heterocycles. The van der Waals surface area contributed by atoms with Gasteiger partial charge in [-0.25, -0.2) is 4.85 Å². The second kappa shape index (κ2) is 14.9. The minimum absolute atomic E-state index is 0.223. The van der Waals surface area contributed by atoms with Gasteiger partial charge >= 0.3 is 0 Å². The lowest BCUT2D eigenvalue weighted by molar-refractivity contribution is 0.672. The highest BCUT2D eigenvalue weighted by Gasteiger charge is 2.35. The molecule has 6 heterocycles. The van der Waals surface area contributed by atoms with Crippen molar-refractivity contribution in [2.75, 3.05) is 0 Å². The maximum atomic E-state index is 12.3. The molecule has 0 amide bonds. The molecule has 0 N–H and O–H groups in total. The molecule has 0 aliphatic rings. The Morgan fingerprint density at radius 3 is 1.03 bits per heavy atom. The van der Waals surface area contributed by atoms with Crippen molar-refractivity contribution in [1.82, 2.24) is 18.3 Å². The van der Waals surface area contributed by atoms with Gasteiger partial charge < -0.3 is 27.1 Å². The molecule has 11 aromatic carbocycles. The van der Waals surface area contributed by atoms with Crippen LogP contribution in [0.5, 0.6) is 0 Å². The second-order valence-electron chi connectivity index (χ2n) is 19.7. The van der Waals surface area contributed by atoms with Crippen molar-refractivity contribution in [3.05, 3.63) is 235 Å². The van der Waals surface area contributed by atoms with E-state index in [4.69, 9.17) is 8.83 Å². The third-order valence-electron chi connectivity index (χ3n) is 16.0.